The van der Waals surface area contributed by atoms with Crippen LogP contribution in [0, 0.1) is 0 Å². The summed E-state index contributed by atoms with van der Waals surface area (Å²) in [4.78, 5) is 6.99. The third kappa shape index (κ3) is 5.46. The van der Waals surface area contributed by atoms with Crippen LogP contribution in [-0.4, -0.2) is 42.9 Å². The van der Waals surface area contributed by atoms with Gasteiger partial charge in [-0.25, -0.2) is 0 Å². The lowest BCUT2D eigenvalue weighted by Crippen LogP contribution is -2.30. The van der Waals surface area contributed by atoms with Gasteiger partial charge in [0.25, 0.3) is 0 Å². The number of hydrogen-bond donors (Lipinski definition) is 0. The van der Waals surface area contributed by atoms with Crippen LogP contribution >= 0.6 is 23.4 Å². The van der Waals surface area contributed by atoms with Crippen LogP contribution in [0.3, 0.4) is 0 Å². The molecule has 0 amide bonds. The van der Waals surface area contributed by atoms with Crippen molar-refractivity contribution in [3.8, 4) is 11.4 Å². The zero-order valence-electron chi connectivity index (χ0n) is 18.2. The molecule has 4 aromatic rings. The van der Waals surface area contributed by atoms with Crippen LogP contribution in [0.1, 0.15) is 36.5 Å². The average Bonchev–Trinajstić information content (AvgIpc) is 3.47. The summed E-state index contributed by atoms with van der Waals surface area (Å²) < 4.78 is 7.68. The van der Waals surface area contributed by atoms with Crippen molar-refractivity contribution >= 4 is 23.4 Å². The monoisotopic (exact) mass is 480 g/mol. The van der Waals surface area contributed by atoms with Gasteiger partial charge in [-0.05, 0) is 43.6 Å². The van der Waals surface area contributed by atoms with Crippen LogP contribution in [0.5, 0.6) is 0 Å². The lowest BCUT2D eigenvalue weighted by atomic mass is 10.1. The number of halogens is 1. The number of benzene rings is 2. The molecule has 0 radical (unpaired) electrons. The lowest BCUT2D eigenvalue weighted by Gasteiger charge is -2.26. The molecule has 1 aliphatic heterocycles. The van der Waals surface area contributed by atoms with Gasteiger partial charge < -0.3 is 9.09 Å². The summed E-state index contributed by atoms with van der Waals surface area (Å²) in [7, 11) is 0. The van der Waals surface area contributed by atoms with Crippen LogP contribution in [-0.2, 0) is 18.8 Å². The molecule has 1 aliphatic rings. The molecule has 0 saturated carbocycles. The quantitative estimate of drug-likeness (QED) is 0.316. The van der Waals surface area contributed by atoms with E-state index in [4.69, 9.17) is 16.1 Å². The van der Waals surface area contributed by atoms with E-state index in [1.54, 1.807) is 11.8 Å². The molecule has 1 saturated heterocycles. The van der Waals surface area contributed by atoms with Gasteiger partial charge in [-0.1, -0.05) is 77.4 Å². The zero-order chi connectivity index (χ0) is 22.5. The Morgan fingerprint density at radius 2 is 1.70 bits per heavy atom. The van der Waals surface area contributed by atoms with Crippen LogP contribution in [0.15, 0.2) is 64.3 Å². The molecule has 5 rings (SSSR count). The standard InChI is InChI=1S/C24H25ClN6OS/c25-20-12-6-5-11-19(20)23-26-22(32-29-23)17-33-24-28-27-21(16-30-13-7-2-8-14-30)31(24)15-18-9-3-1-4-10-18/h1,3-6,9-12H,2,7-8,13-17H2. The predicted octanol–water partition coefficient (Wildman–Crippen LogP) is 5.31. The molecule has 2 aromatic heterocycles. The minimum Gasteiger partial charge on any atom is -0.338 e. The highest BCUT2D eigenvalue weighted by Crippen LogP contribution is 2.27. The van der Waals surface area contributed by atoms with Crippen LogP contribution in [0.2, 0.25) is 5.02 Å². The van der Waals surface area contributed by atoms with Gasteiger partial charge >= 0.3 is 0 Å². The van der Waals surface area contributed by atoms with E-state index >= 15 is 0 Å². The molecule has 2 aromatic carbocycles. The summed E-state index contributed by atoms with van der Waals surface area (Å²) in [5.41, 5.74) is 1.98. The summed E-state index contributed by atoms with van der Waals surface area (Å²) in [6, 6.07) is 17.9. The molecule has 0 bridgehead atoms. The second-order valence-electron chi connectivity index (χ2n) is 8.09. The summed E-state index contributed by atoms with van der Waals surface area (Å²) in [5.74, 6) is 2.52. The van der Waals surface area contributed by atoms with Gasteiger partial charge in [0.15, 0.2) is 5.16 Å². The number of thioether (sulfide) groups is 1. The molecule has 9 heteroatoms. The van der Waals surface area contributed by atoms with E-state index in [2.05, 4.69) is 54.1 Å². The Labute approximate surface area is 202 Å². The number of piperidine rings is 1. The van der Waals surface area contributed by atoms with Crippen molar-refractivity contribution in [3.63, 3.8) is 0 Å². The zero-order valence-corrected chi connectivity index (χ0v) is 19.8. The smallest absolute Gasteiger partial charge is 0.237 e. The van der Waals surface area contributed by atoms with E-state index in [0.717, 1.165) is 42.7 Å². The topological polar surface area (TPSA) is 72.9 Å². The second kappa shape index (κ2) is 10.5. The van der Waals surface area contributed by atoms with Crippen molar-refractivity contribution in [1.29, 1.82) is 0 Å². The summed E-state index contributed by atoms with van der Waals surface area (Å²) in [5, 5.41) is 14.6. The van der Waals surface area contributed by atoms with Gasteiger partial charge in [-0.15, -0.1) is 10.2 Å². The van der Waals surface area contributed by atoms with Crippen molar-refractivity contribution < 1.29 is 4.52 Å². The second-order valence-corrected chi connectivity index (χ2v) is 9.44. The van der Waals surface area contributed by atoms with Gasteiger partial charge in [0.05, 0.1) is 23.9 Å². The first-order valence-corrected chi connectivity index (χ1v) is 12.5. The first kappa shape index (κ1) is 22.1. The fourth-order valence-electron chi connectivity index (χ4n) is 3.98. The molecule has 0 spiro atoms. The third-order valence-corrected chi connectivity index (χ3v) is 6.98. The maximum atomic E-state index is 6.27. The SMILES string of the molecule is Clc1ccccc1-c1noc(CSc2nnc(CN3CCCCC3)n2Cc2ccccc2)n1. The van der Waals surface area contributed by atoms with Crippen molar-refractivity contribution in [2.75, 3.05) is 13.1 Å². The Kier molecular flexibility index (Phi) is 7.04. The molecular formula is C24H25ClN6OS. The molecule has 170 valence electrons. The minimum atomic E-state index is 0.493. The van der Waals surface area contributed by atoms with Gasteiger partial charge in [0.2, 0.25) is 11.7 Å². The lowest BCUT2D eigenvalue weighted by molar-refractivity contribution is 0.213. The van der Waals surface area contributed by atoms with E-state index in [1.807, 2.05) is 30.3 Å². The highest BCUT2D eigenvalue weighted by Gasteiger charge is 2.19. The molecule has 0 unspecified atom stereocenters. The maximum Gasteiger partial charge on any atom is 0.237 e. The van der Waals surface area contributed by atoms with Gasteiger partial charge in [0, 0.05) is 5.56 Å². The molecule has 0 aliphatic carbocycles. The van der Waals surface area contributed by atoms with Crippen molar-refractivity contribution in [3.05, 3.63) is 76.9 Å². The molecule has 0 atom stereocenters. The Morgan fingerprint density at radius 1 is 0.909 bits per heavy atom. The largest absolute Gasteiger partial charge is 0.338 e. The average molecular weight is 481 g/mol. The summed E-state index contributed by atoms with van der Waals surface area (Å²) in [6.45, 7) is 3.78. The fourth-order valence-corrected chi connectivity index (χ4v) is 4.99. The minimum absolute atomic E-state index is 0.493. The first-order valence-electron chi connectivity index (χ1n) is 11.1. The van der Waals surface area contributed by atoms with Gasteiger partial charge in [-0.3, -0.25) is 4.90 Å². The first-order chi connectivity index (χ1) is 16.3. The number of hydrogen-bond acceptors (Lipinski definition) is 7. The van der Waals surface area contributed by atoms with E-state index in [9.17, 15) is 0 Å². The van der Waals surface area contributed by atoms with Crippen molar-refractivity contribution in [1.82, 2.24) is 29.8 Å². The normalized spacial score (nSPS) is 14.6. The Balaban J connectivity index is 1.33. The molecular weight excluding hydrogens is 456 g/mol. The van der Waals surface area contributed by atoms with Crippen molar-refractivity contribution in [2.45, 2.75) is 43.3 Å². The van der Waals surface area contributed by atoms with E-state index in [-0.39, 0.29) is 0 Å². The Hall–Kier alpha value is -2.68. The van der Waals surface area contributed by atoms with Crippen LogP contribution in [0.25, 0.3) is 11.4 Å². The number of rotatable bonds is 8. The third-order valence-electron chi connectivity index (χ3n) is 5.70. The van der Waals surface area contributed by atoms with Crippen LogP contribution < -0.4 is 0 Å². The fraction of sp³-hybridized carbons (Fsp3) is 0.333. The van der Waals surface area contributed by atoms with E-state index < -0.39 is 0 Å². The summed E-state index contributed by atoms with van der Waals surface area (Å²) >= 11 is 7.83. The number of aromatic nitrogens is 5. The Morgan fingerprint density at radius 3 is 2.52 bits per heavy atom. The summed E-state index contributed by atoms with van der Waals surface area (Å²) in [6.07, 6.45) is 3.81. The number of likely N-dealkylation sites (tertiary alicyclic amines) is 1. The molecule has 3 heterocycles. The molecule has 0 N–H and O–H groups in total. The van der Waals surface area contributed by atoms with Crippen molar-refractivity contribution in [2.24, 2.45) is 0 Å². The van der Waals surface area contributed by atoms with Gasteiger partial charge in [-0.2, -0.15) is 4.98 Å². The van der Waals surface area contributed by atoms with Crippen LogP contribution in [0.4, 0.5) is 0 Å². The van der Waals surface area contributed by atoms with E-state index in [1.165, 1.54) is 24.8 Å². The Bertz CT molecular complexity index is 1190. The predicted molar refractivity (Wildman–Crippen MR) is 129 cm³/mol. The van der Waals surface area contributed by atoms with Gasteiger partial charge in [0.1, 0.15) is 5.82 Å². The number of nitrogens with zero attached hydrogens (tertiary/aromatic N) is 6. The molecule has 7 nitrogen and oxygen atoms in total. The molecule has 1 fully saturated rings. The highest BCUT2D eigenvalue weighted by atomic mass is 35.5. The highest BCUT2D eigenvalue weighted by molar-refractivity contribution is 7.98. The maximum absolute atomic E-state index is 6.27. The molecule has 33 heavy (non-hydrogen) atoms. The van der Waals surface area contributed by atoms with E-state index in [0.29, 0.717) is 22.5 Å².